The molecule has 0 aliphatic heterocycles. The topological polar surface area (TPSA) is 72.0 Å². The first-order valence-electron chi connectivity index (χ1n) is 8.49. The van der Waals surface area contributed by atoms with Gasteiger partial charge in [-0.05, 0) is 42.4 Å². The Bertz CT molecular complexity index is 1040. The molecule has 0 atom stereocenters. The number of aromatic nitrogens is 2. The van der Waals surface area contributed by atoms with Crippen LogP contribution in [-0.2, 0) is 22.4 Å². The van der Waals surface area contributed by atoms with E-state index in [1.165, 1.54) is 54.2 Å². The van der Waals surface area contributed by atoms with Gasteiger partial charge in [0, 0.05) is 10.9 Å². The summed E-state index contributed by atoms with van der Waals surface area (Å²) in [7, 11) is 1.34. The second kappa shape index (κ2) is 7.25. The van der Waals surface area contributed by atoms with E-state index in [0.29, 0.717) is 15.4 Å². The molecule has 0 bridgehead atoms. The number of hydrogen-bond donors (Lipinski definition) is 1. The Morgan fingerprint density at radius 2 is 2.12 bits per heavy atom. The van der Waals surface area contributed by atoms with Gasteiger partial charge < -0.3 is 9.72 Å². The summed E-state index contributed by atoms with van der Waals surface area (Å²) in [5, 5.41) is 3.05. The minimum Gasteiger partial charge on any atom is -0.468 e. The third kappa shape index (κ3) is 3.29. The summed E-state index contributed by atoms with van der Waals surface area (Å²) in [5.41, 5.74) is 4.64. The molecule has 26 heavy (non-hydrogen) atoms. The Morgan fingerprint density at radius 3 is 2.92 bits per heavy atom. The van der Waals surface area contributed by atoms with Crippen molar-refractivity contribution in [3.63, 3.8) is 0 Å². The monoisotopic (exact) mass is 386 g/mol. The van der Waals surface area contributed by atoms with Gasteiger partial charge >= 0.3 is 5.97 Å². The SMILES string of the molecule is COC(=O)CSc1nc2scc(-c3ccc4c(c3)CCCC4)c2c(=O)[nH]1. The molecular weight excluding hydrogens is 368 g/mol. The molecule has 4 rings (SSSR count). The molecule has 2 heterocycles. The van der Waals surface area contributed by atoms with E-state index in [4.69, 9.17) is 0 Å². The van der Waals surface area contributed by atoms with Crippen LogP contribution in [0.15, 0.2) is 33.5 Å². The zero-order valence-electron chi connectivity index (χ0n) is 14.3. The largest absolute Gasteiger partial charge is 0.468 e. The number of H-pyrrole nitrogens is 1. The summed E-state index contributed by atoms with van der Waals surface area (Å²) >= 11 is 2.63. The number of thioether (sulfide) groups is 1. The number of methoxy groups -OCH3 is 1. The predicted molar refractivity (Wildman–Crippen MR) is 105 cm³/mol. The lowest BCUT2D eigenvalue weighted by Gasteiger charge is -2.16. The highest BCUT2D eigenvalue weighted by Gasteiger charge is 2.16. The van der Waals surface area contributed by atoms with Crippen LogP contribution in [0.1, 0.15) is 24.0 Å². The molecule has 5 nitrogen and oxygen atoms in total. The van der Waals surface area contributed by atoms with Gasteiger partial charge in [0.15, 0.2) is 5.16 Å². The van der Waals surface area contributed by atoms with Gasteiger partial charge in [-0.15, -0.1) is 11.3 Å². The number of fused-ring (bicyclic) bond motifs is 2. The number of hydrogen-bond acceptors (Lipinski definition) is 6. The predicted octanol–water partition coefficient (Wildman–Crippen LogP) is 3.80. The fourth-order valence-electron chi connectivity index (χ4n) is 3.30. The molecule has 7 heteroatoms. The van der Waals surface area contributed by atoms with Gasteiger partial charge in [-0.25, -0.2) is 4.98 Å². The first-order chi connectivity index (χ1) is 12.7. The third-order valence-electron chi connectivity index (χ3n) is 4.64. The standard InChI is InChI=1S/C19H18N2O3S2/c1-24-15(22)10-26-19-20-17(23)16-14(9-25-18(16)21-19)13-7-6-11-4-2-3-5-12(11)8-13/h6-9H,2-5,10H2,1H3,(H,20,21,23). The smallest absolute Gasteiger partial charge is 0.316 e. The molecule has 134 valence electrons. The number of aromatic amines is 1. The fraction of sp³-hybridized carbons (Fsp3) is 0.316. The molecule has 0 amide bonds. The molecule has 0 unspecified atom stereocenters. The number of thiophene rings is 1. The van der Waals surface area contributed by atoms with E-state index in [9.17, 15) is 9.59 Å². The van der Waals surface area contributed by atoms with Crippen molar-refractivity contribution in [3.05, 3.63) is 45.1 Å². The molecule has 1 aromatic carbocycles. The number of nitrogens with zero attached hydrogens (tertiary/aromatic N) is 1. The summed E-state index contributed by atoms with van der Waals surface area (Å²) < 4.78 is 4.62. The number of carbonyl (C=O) groups excluding carboxylic acids is 1. The Kier molecular flexibility index (Phi) is 4.82. The zero-order chi connectivity index (χ0) is 18.1. The van der Waals surface area contributed by atoms with Crippen LogP contribution in [0.4, 0.5) is 0 Å². The van der Waals surface area contributed by atoms with Crippen molar-refractivity contribution in [2.45, 2.75) is 30.8 Å². The van der Waals surface area contributed by atoms with E-state index in [0.717, 1.165) is 24.0 Å². The first kappa shape index (κ1) is 17.3. The van der Waals surface area contributed by atoms with Crippen molar-refractivity contribution in [1.82, 2.24) is 9.97 Å². The lowest BCUT2D eigenvalue weighted by atomic mass is 9.89. The van der Waals surface area contributed by atoms with Crippen LogP contribution in [0.25, 0.3) is 21.3 Å². The maximum absolute atomic E-state index is 12.6. The highest BCUT2D eigenvalue weighted by molar-refractivity contribution is 7.99. The lowest BCUT2D eigenvalue weighted by Crippen LogP contribution is -2.10. The Morgan fingerprint density at radius 1 is 1.31 bits per heavy atom. The molecular formula is C19H18N2O3S2. The van der Waals surface area contributed by atoms with Gasteiger partial charge in [0.05, 0.1) is 18.2 Å². The van der Waals surface area contributed by atoms with E-state index in [2.05, 4.69) is 32.9 Å². The molecule has 1 aliphatic carbocycles. The Labute approximate surface area is 158 Å². The van der Waals surface area contributed by atoms with Crippen molar-refractivity contribution in [1.29, 1.82) is 0 Å². The lowest BCUT2D eigenvalue weighted by molar-refractivity contribution is -0.137. The Balaban J connectivity index is 1.71. The number of carbonyl (C=O) groups is 1. The quantitative estimate of drug-likeness (QED) is 0.420. The number of nitrogens with one attached hydrogen (secondary N) is 1. The minimum atomic E-state index is -0.348. The second-order valence-electron chi connectivity index (χ2n) is 6.26. The highest BCUT2D eigenvalue weighted by Crippen LogP contribution is 2.34. The number of esters is 1. The summed E-state index contributed by atoms with van der Waals surface area (Å²) in [6.07, 6.45) is 4.73. The molecule has 0 radical (unpaired) electrons. The summed E-state index contributed by atoms with van der Waals surface area (Å²) in [4.78, 5) is 31.9. The molecule has 0 saturated heterocycles. The van der Waals surface area contributed by atoms with Gasteiger partial charge in [0.25, 0.3) is 5.56 Å². The van der Waals surface area contributed by atoms with Gasteiger partial charge in [0.2, 0.25) is 0 Å². The molecule has 3 aromatic rings. The van der Waals surface area contributed by atoms with Crippen molar-refractivity contribution >= 4 is 39.3 Å². The minimum absolute atomic E-state index is 0.119. The normalized spacial score (nSPS) is 13.6. The van der Waals surface area contributed by atoms with Gasteiger partial charge in [0.1, 0.15) is 4.83 Å². The van der Waals surface area contributed by atoms with Crippen LogP contribution in [0, 0.1) is 0 Å². The second-order valence-corrected chi connectivity index (χ2v) is 8.08. The van der Waals surface area contributed by atoms with Crippen LogP contribution in [0.5, 0.6) is 0 Å². The third-order valence-corrected chi connectivity index (χ3v) is 6.36. The van der Waals surface area contributed by atoms with Crippen LogP contribution < -0.4 is 5.56 Å². The maximum Gasteiger partial charge on any atom is 0.316 e. The average Bonchev–Trinajstić information content (AvgIpc) is 3.10. The molecule has 0 saturated carbocycles. The van der Waals surface area contributed by atoms with Crippen molar-refractivity contribution in [3.8, 4) is 11.1 Å². The van der Waals surface area contributed by atoms with Gasteiger partial charge in [-0.3, -0.25) is 9.59 Å². The number of benzene rings is 1. The van der Waals surface area contributed by atoms with E-state index < -0.39 is 0 Å². The molecule has 2 aromatic heterocycles. The number of rotatable bonds is 4. The van der Waals surface area contributed by atoms with Gasteiger partial charge in [-0.2, -0.15) is 0 Å². The van der Waals surface area contributed by atoms with Crippen LogP contribution in [-0.4, -0.2) is 28.8 Å². The van der Waals surface area contributed by atoms with Crippen LogP contribution in [0.3, 0.4) is 0 Å². The molecule has 0 fully saturated rings. The highest BCUT2D eigenvalue weighted by atomic mass is 32.2. The van der Waals surface area contributed by atoms with E-state index in [-0.39, 0.29) is 17.3 Å². The maximum atomic E-state index is 12.6. The summed E-state index contributed by atoms with van der Waals surface area (Å²) in [5.74, 6) is -0.229. The number of aryl methyl sites for hydroxylation is 2. The van der Waals surface area contributed by atoms with Crippen molar-refractivity contribution < 1.29 is 9.53 Å². The van der Waals surface area contributed by atoms with E-state index in [1.807, 2.05) is 5.38 Å². The van der Waals surface area contributed by atoms with E-state index in [1.54, 1.807) is 0 Å². The fourth-order valence-corrected chi connectivity index (χ4v) is 5.00. The molecule has 0 spiro atoms. The van der Waals surface area contributed by atoms with Crippen molar-refractivity contribution in [2.24, 2.45) is 0 Å². The van der Waals surface area contributed by atoms with E-state index >= 15 is 0 Å². The van der Waals surface area contributed by atoms with Crippen molar-refractivity contribution in [2.75, 3.05) is 12.9 Å². The number of ether oxygens (including phenoxy) is 1. The summed E-state index contributed by atoms with van der Waals surface area (Å²) in [6, 6.07) is 6.51. The first-order valence-corrected chi connectivity index (χ1v) is 10.4. The zero-order valence-corrected chi connectivity index (χ0v) is 16.0. The Hall–Kier alpha value is -2.12. The van der Waals surface area contributed by atoms with Crippen LogP contribution in [0.2, 0.25) is 0 Å². The molecule has 1 aliphatic rings. The summed E-state index contributed by atoms with van der Waals surface area (Å²) in [6.45, 7) is 0. The van der Waals surface area contributed by atoms with Crippen LogP contribution >= 0.6 is 23.1 Å². The average molecular weight is 386 g/mol. The molecule has 1 N–H and O–H groups in total. The van der Waals surface area contributed by atoms with Gasteiger partial charge in [-0.1, -0.05) is 30.0 Å².